The Kier molecular flexibility index (Phi) is 8.87. The molecule has 0 bridgehead atoms. The van der Waals surface area contributed by atoms with Crippen LogP contribution in [0.5, 0.6) is 0 Å². The van der Waals surface area contributed by atoms with Gasteiger partial charge in [0.05, 0.1) is 25.4 Å². The summed E-state index contributed by atoms with van der Waals surface area (Å²) in [7, 11) is 0. The third kappa shape index (κ3) is 6.16. The summed E-state index contributed by atoms with van der Waals surface area (Å²) in [6.45, 7) is -0.903. The molecule has 0 radical (unpaired) electrons. The minimum absolute atomic E-state index is 0.0659. The van der Waals surface area contributed by atoms with Gasteiger partial charge < -0.3 is 28.7 Å². The second kappa shape index (κ2) is 12.3. The van der Waals surface area contributed by atoms with E-state index in [0.29, 0.717) is 16.4 Å². The summed E-state index contributed by atoms with van der Waals surface area (Å²) in [5.41, 5.74) is -1.75. The number of H-pyrrole nitrogens is 2. The number of aryl methyl sites for hydroxylation is 2. The molecule has 0 amide bonds. The molecule has 3 aromatic heterocycles. The molecule has 3 aromatic rings. The number of nitrogens with one attached hydrogen (secondary N) is 2. The summed E-state index contributed by atoms with van der Waals surface area (Å²) in [5, 5.41) is 21.3. The van der Waals surface area contributed by atoms with E-state index in [0.717, 1.165) is 0 Å². The minimum atomic E-state index is -3.36. The molecule has 42 heavy (non-hydrogen) atoms. The molecule has 2 saturated heterocycles. The van der Waals surface area contributed by atoms with Crippen LogP contribution < -0.4 is 27.8 Å². The van der Waals surface area contributed by atoms with Crippen LogP contribution in [0.4, 0.5) is 0 Å². The molecule has 5 heterocycles. The highest BCUT2D eigenvalue weighted by molar-refractivity contribution is 8.13. The largest absolute Gasteiger partial charge is 0.394 e. The van der Waals surface area contributed by atoms with Crippen molar-refractivity contribution in [1.29, 1.82) is 0 Å². The van der Waals surface area contributed by atoms with Crippen molar-refractivity contribution in [2.24, 2.45) is 0 Å². The Morgan fingerprint density at radius 2 is 1.52 bits per heavy atom. The monoisotopic (exact) mass is 623 g/mol. The van der Waals surface area contributed by atoms with E-state index >= 15 is 0 Å². The maximum Gasteiger partial charge on any atom is 0.330 e. The van der Waals surface area contributed by atoms with Gasteiger partial charge in [0.25, 0.3) is 11.1 Å². The van der Waals surface area contributed by atoms with Gasteiger partial charge in [-0.2, -0.15) is 0 Å². The predicted octanol–water partition coefficient (Wildman–Crippen LogP) is -0.936. The van der Waals surface area contributed by atoms with Crippen LogP contribution in [0.25, 0.3) is 0 Å². The highest BCUT2D eigenvalue weighted by atomic mass is 32.5. The van der Waals surface area contributed by atoms with Crippen molar-refractivity contribution in [3.63, 3.8) is 0 Å². The minimum Gasteiger partial charge on any atom is -0.394 e. The van der Waals surface area contributed by atoms with Crippen LogP contribution in [0.2, 0.25) is 0 Å². The van der Waals surface area contributed by atoms with Crippen molar-refractivity contribution in [1.82, 2.24) is 24.1 Å². The number of aliphatic hydroxyl groups is 2. The van der Waals surface area contributed by atoms with Gasteiger partial charge in [0, 0.05) is 54.1 Å². The smallest absolute Gasteiger partial charge is 0.330 e. The first kappa shape index (κ1) is 30.4. The van der Waals surface area contributed by atoms with E-state index in [4.69, 9.17) is 30.3 Å². The van der Waals surface area contributed by atoms with Gasteiger partial charge in [0.2, 0.25) is 6.49 Å². The molecule has 1 unspecified atom stereocenters. The SMILES string of the molecule is Cc1cn([C@H]2C[C@H](OP(=S)(OC[C@H]3O[C@@H](n4cc(C)c(=O)[nH]c4=O)C[C@@H]3O)c3ccncc3)[C@@H](CO)O2)c(=O)[nH]c1=O. The van der Waals surface area contributed by atoms with Crippen LogP contribution in [-0.2, 0) is 30.3 Å². The van der Waals surface area contributed by atoms with E-state index < -0.39 is 72.5 Å². The number of aromatic nitrogens is 5. The third-order valence-electron chi connectivity index (χ3n) is 7.14. The average Bonchev–Trinajstić information content (AvgIpc) is 3.54. The number of hydrogen-bond donors (Lipinski definition) is 4. The lowest BCUT2D eigenvalue weighted by Gasteiger charge is -2.29. The fourth-order valence-electron chi connectivity index (χ4n) is 4.82. The number of nitrogens with zero attached hydrogens (tertiary/aromatic N) is 3. The Hall–Kier alpha value is -3.08. The second-order valence-corrected chi connectivity index (χ2v) is 13.5. The first-order valence-electron chi connectivity index (χ1n) is 13.1. The molecule has 4 N–H and O–H groups in total. The molecular weight excluding hydrogens is 593 g/mol. The molecule has 226 valence electrons. The van der Waals surface area contributed by atoms with Crippen molar-refractivity contribution in [2.75, 3.05) is 13.2 Å². The normalized spacial score (nSPS) is 27.2. The van der Waals surface area contributed by atoms with Gasteiger partial charge in [-0.3, -0.25) is 33.7 Å². The van der Waals surface area contributed by atoms with Gasteiger partial charge in [-0.15, -0.1) is 0 Å². The summed E-state index contributed by atoms with van der Waals surface area (Å²) in [5.74, 6) is 0. The molecule has 2 aliphatic heterocycles. The maximum absolute atomic E-state index is 12.5. The lowest BCUT2D eigenvalue weighted by Crippen LogP contribution is -2.33. The molecular formula is C25H30N5O10PS. The summed E-state index contributed by atoms with van der Waals surface area (Å²) in [6, 6.07) is 3.27. The lowest BCUT2D eigenvalue weighted by atomic mass is 10.2. The Morgan fingerprint density at radius 1 is 0.976 bits per heavy atom. The molecule has 0 spiro atoms. The number of aliphatic hydroxyl groups excluding tert-OH is 2. The first-order valence-corrected chi connectivity index (χ1v) is 15.7. The second-order valence-electron chi connectivity index (χ2n) is 10.1. The molecule has 15 nitrogen and oxygen atoms in total. The van der Waals surface area contributed by atoms with Crippen LogP contribution in [0.1, 0.15) is 36.4 Å². The maximum atomic E-state index is 12.5. The van der Waals surface area contributed by atoms with Crippen LogP contribution in [0, 0.1) is 13.8 Å². The predicted molar refractivity (Wildman–Crippen MR) is 151 cm³/mol. The molecule has 2 aliphatic rings. The van der Waals surface area contributed by atoms with Crippen molar-refractivity contribution in [3.05, 3.63) is 89.7 Å². The molecule has 0 saturated carbocycles. The molecule has 2 fully saturated rings. The van der Waals surface area contributed by atoms with Gasteiger partial charge in [-0.05, 0) is 37.8 Å². The average molecular weight is 624 g/mol. The molecule has 7 atom stereocenters. The third-order valence-corrected chi connectivity index (χ3v) is 10.3. The quantitative estimate of drug-likeness (QED) is 0.214. The van der Waals surface area contributed by atoms with E-state index in [-0.39, 0.29) is 19.4 Å². The molecule has 0 aromatic carbocycles. The van der Waals surface area contributed by atoms with Crippen molar-refractivity contribution >= 4 is 23.6 Å². The zero-order valence-electron chi connectivity index (χ0n) is 22.6. The van der Waals surface area contributed by atoms with E-state index in [2.05, 4.69) is 15.0 Å². The van der Waals surface area contributed by atoms with Gasteiger partial charge >= 0.3 is 11.4 Å². The van der Waals surface area contributed by atoms with Crippen LogP contribution in [0.15, 0.2) is 56.1 Å². The number of rotatable bonds is 9. The Bertz CT molecular complexity index is 1720. The number of hydrogen-bond acceptors (Lipinski definition) is 12. The lowest BCUT2D eigenvalue weighted by molar-refractivity contribution is -0.0490. The molecule has 0 aliphatic carbocycles. The highest BCUT2D eigenvalue weighted by Gasteiger charge is 2.42. The Balaban J connectivity index is 1.35. The van der Waals surface area contributed by atoms with Crippen LogP contribution >= 0.6 is 6.49 Å². The fraction of sp³-hybridized carbons (Fsp3) is 0.480. The van der Waals surface area contributed by atoms with Gasteiger partial charge in [0.1, 0.15) is 24.7 Å². The number of ether oxygens (including phenoxy) is 2. The molecule has 17 heteroatoms. The van der Waals surface area contributed by atoms with Gasteiger partial charge in [0.15, 0.2) is 0 Å². The van der Waals surface area contributed by atoms with Gasteiger partial charge in [-0.1, -0.05) is 0 Å². The van der Waals surface area contributed by atoms with E-state index in [1.807, 2.05) is 0 Å². The van der Waals surface area contributed by atoms with Crippen molar-refractivity contribution in [3.8, 4) is 0 Å². The summed E-state index contributed by atoms with van der Waals surface area (Å²) < 4.78 is 26.8. The van der Waals surface area contributed by atoms with Crippen molar-refractivity contribution in [2.45, 2.75) is 63.6 Å². The van der Waals surface area contributed by atoms with Crippen molar-refractivity contribution < 1.29 is 28.7 Å². The zero-order chi connectivity index (χ0) is 30.2. The van der Waals surface area contributed by atoms with E-state index in [1.165, 1.54) is 33.9 Å². The standard InChI is InChI=1S/C25H30N5O10PS/c1-13-9-29(24(35)27-22(13)33)20-7-16(32)19(39-20)12-37-41(42,15-3-5-26-6-4-15)40-17-8-21(38-18(17)11-31)30-10-14(2)23(34)28-25(30)36/h3-6,9-10,16-21,31-32H,7-8,11-12H2,1-2H3,(H,27,33,35)(H,28,34,36)/t16-,17-,18+,19+,20+,21+,41?/m0/s1. The van der Waals surface area contributed by atoms with Gasteiger partial charge in [-0.25, -0.2) is 9.59 Å². The topological polar surface area (TPSA) is 200 Å². The van der Waals surface area contributed by atoms with E-state index in [1.54, 1.807) is 26.0 Å². The van der Waals surface area contributed by atoms with Crippen LogP contribution in [0.3, 0.4) is 0 Å². The summed E-state index contributed by atoms with van der Waals surface area (Å²) in [4.78, 5) is 56.8. The summed E-state index contributed by atoms with van der Waals surface area (Å²) in [6.07, 6.45) is 0.692. The number of aromatic amines is 2. The Labute approximate surface area is 242 Å². The van der Waals surface area contributed by atoms with E-state index in [9.17, 15) is 29.4 Å². The van der Waals surface area contributed by atoms with Crippen LogP contribution in [-0.4, -0.2) is 71.9 Å². The zero-order valence-corrected chi connectivity index (χ0v) is 24.3. The number of pyridine rings is 1. The fourth-order valence-corrected chi connectivity index (χ4v) is 7.46. The molecule has 5 rings (SSSR count). The first-order chi connectivity index (χ1) is 20.0. The summed E-state index contributed by atoms with van der Waals surface area (Å²) >= 11 is 5.93. The highest BCUT2D eigenvalue weighted by Crippen LogP contribution is 2.52. The Morgan fingerprint density at radius 3 is 2.10 bits per heavy atom.